The third-order valence-electron chi connectivity index (χ3n) is 6.19. The second kappa shape index (κ2) is 9.16. The molecule has 2 aliphatic heterocycles. The molecule has 0 N–H and O–H groups in total. The molecule has 0 aromatic heterocycles. The Morgan fingerprint density at radius 1 is 1.11 bits per heavy atom. The number of nitrogens with zero attached hydrogens (tertiary/aromatic N) is 2. The summed E-state index contributed by atoms with van der Waals surface area (Å²) >= 11 is 0. The summed E-state index contributed by atoms with van der Waals surface area (Å²) in [6.07, 6.45) is 3.06. The first-order valence-electron chi connectivity index (χ1n) is 10.5. The largest absolute Gasteiger partial charge is 0.377 e. The van der Waals surface area contributed by atoms with Gasteiger partial charge in [-0.1, -0.05) is 36.8 Å². The predicted molar refractivity (Wildman–Crippen MR) is 105 cm³/mol. The van der Waals surface area contributed by atoms with Gasteiger partial charge in [-0.2, -0.15) is 0 Å². The predicted octanol–water partition coefficient (Wildman–Crippen LogP) is 1.87. The first-order chi connectivity index (χ1) is 13.7. The van der Waals surface area contributed by atoms with E-state index in [1.807, 2.05) is 23.1 Å². The third kappa shape index (κ3) is 4.45. The van der Waals surface area contributed by atoms with Gasteiger partial charge < -0.3 is 14.4 Å². The molecule has 1 aliphatic carbocycles. The van der Waals surface area contributed by atoms with Gasteiger partial charge in [0.25, 0.3) is 5.91 Å². The zero-order valence-corrected chi connectivity index (χ0v) is 16.4. The minimum Gasteiger partial charge on any atom is -0.377 e. The lowest BCUT2D eigenvalue weighted by atomic mass is 9.82. The molecule has 3 fully saturated rings. The number of carbonyl (C=O) groups is 2. The van der Waals surface area contributed by atoms with Gasteiger partial charge in [-0.05, 0) is 18.4 Å². The van der Waals surface area contributed by atoms with Crippen LogP contribution in [0.5, 0.6) is 0 Å². The zero-order valence-electron chi connectivity index (χ0n) is 16.4. The van der Waals surface area contributed by atoms with Crippen molar-refractivity contribution in [2.75, 3.05) is 39.5 Å². The van der Waals surface area contributed by atoms with Crippen molar-refractivity contribution in [1.82, 2.24) is 9.80 Å². The number of hydrogen-bond donors (Lipinski definition) is 0. The van der Waals surface area contributed by atoms with Gasteiger partial charge in [-0.3, -0.25) is 14.5 Å². The van der Waals surface area contributed by atoms with Gasteiger partial charge in [-0.25, -0.2) is 0 Å². The lowest BCUT2D eigenvalue weighted by Crippen LogP contribution is -2.59. The smallest absolute Gasteiger partial charge is 0.253 e. The average Bonchev–Trinajstić information content (AvgIpc) is 2.75. The zero-order chi connectivity index (χ0) is 19.3. The Bertz CT molecular complexity index is 680. The third-order valence-corrected chi connectivity index (χ3v) is 6.19. The Morgan fingerprint density at radius 2 is 1.96 bits per heavy atom. The summed E-state index contributed by atoms with van der Waals surface area (Å²) in [7, 11) is 0. The number of ether oxygens (including phenoxy) is 2. The van der Waals surface area contributed by atoms with Crippen LogP contribution < -0.4 is 0 Å². The Balaban J connectivity index is 1.42. The highest BCUT2D eigenvalue weighted by molar-refractivity contribution is 5.85. The number of benzene rings is 1. The fourth-order valence-electron chi connectivity index (χ4n) is 4.67. The lowest BCUT2D eigenvalue weighted by Gasteiger charge is -2.43. The second-order valence-electron chi connectivity index (χ2n) is 8.07. The highest BCUT2D eigenvalue weighted by Crippen LogP contribution is 2.29. The molecule has 1 saturated carbocycles. The maximum Gasteiger partial charge on any atom is 0.253 e. The molecule has 4 rings (SSSR count). The first-order valence-corrected chi connectivity index (χ1v) is 10.5. The van der Waals surface area contributed by atoms with E-state index in [9.17, 15) is 9.59 Å². The molecule has 6 heteroatoms. The van der Waals surface area contributed by atoms with E-state index in [1.54, 1.807) is 0 Å². The molecule has 3 aliphatic rings. The molecule has 28 heavy (non-hydrogen) atoms. The van der Waals surface area contributed by atoms with E-state index in [0.717, 1.165) is 32.4 Å². The van der Waals surface area contributed by atoms with E-state index in [4.69, 9.17) is 9.47 Å². The molecule has 152 valence electrons. The van der Waals surface area contributed by atoms with Gasteiger partial charge >= 0.3 is 0 Å². The van der Waals surface area contributed by atoms with Crippen molar-refractivity contribution < 1.29 is 19.1 Å². The highest BCUT2D eigenvalue weighted by atomic mass is 16.5. The molecule has 2 heterocycles. The molecule has 3 atom stereocenters. The second-order valence-corrected chi connectivity index (χ2v) is 8.07. The monoisotopic (exact) mass is 386 g/mol. The maximum atomic E-state index is 13.3. The molecule has 3 unspecified atom stereocenters. The standard InChI is InChI=1S/C22H30N2O4/c25-20-9-5-4-8-18(20)19-16-27-12-11-24(19)22(26)21-15-23(10-13-28-21)14-17-6-2-1-3-7-17/h1-3,6-7,18-19,21H,4-5,8-16H2. The normalized spacial score (nSPS) is 29.6. The van der Waals surface area contributed by atoms with E-state index in [2.05, 4.69) is 17.0 Å². The van der Waals surface area contributed by atoms with Gasteiger partial charge in [0.15, 0.2) is 0 Å². The Labute approximate surface area is 166 Å². The summed E-state index contributed by atoms with van der Waals surface area (Å²) < 4.78 is 11.5. The van der Waals surface area contributed by atoms with Crippen molar-refractivity contribution in [3.63, 3.8) is 0 Å². The average molecular weight is 386 g/mol. The van der Waals surface area contributed by atoms with E-state index < -0.39 is 6.10 Å². The number of carbonyl (C=O) groups excluding carboxylic acids is 2. The highest BCUT2D eigenvalue weighted by Gasteiger charge is 2.41. The van der Waals surface area contributed by atoms with Crippen LogP contribution in [-0.2, 0) is 25.6 Å². The summed E-state index contributed by atoms with van der Waals surface area (Å²) in [5.74, 6) is 0.223. The molecule has 1 amide bonds. The summed E-state index contributed by atoms with van der Waals surface area (Å²) in [6.45, 7) is 4.34. The summed E-state index contributed by atoms with van der Waals surface area (Å²) in [5.41, 5.74) is 1.24. The number of Topliss-reactive ketones (excluding diaryl/α,β-unsaturated/α-hetero) is 1. The fraction of sp³-hybridized carbons (Fsp3) is 0.636. The van der Waals surface area contributed by atoms with Crippen LogP contribution in [-0.4, -0.2) is 73.1 Å². The van der Waals surface area contributed by atoms with E-state index in [1.165, 1.54) is 5.56 Å². The summed E-state index contributed by atoms with van der Waals surface area (Å²) in [5, 5.41) is 0. The molecule has 6 nitrogen and oxygen atoms in total. The fourth-order valence-corrected chi connectivity index (χ4v) is 4.67. The van der Waals surface area contributed by atoms with Crippen molar-refractivity contribution in [1.29, 1.82) is 0 Å². The van der Waals surface area contributed by atoms with E-state index >= 15 is 0 Å². The van der Waals surface area contributed by atoms with E-state index in [-0.39, 0.29) is 23.7 Å². The quantitative estimate of drug-likeness (QED) is 0.791. The van der Waals surface area contributed by atoms with Gasteiger partial charge in [0.2, 0.25) is 0 Å². The molecular weight excluding hydrogens is 356 g/mol. The van der Waals surface area contributed by atoms with Gasteiger partial charge in [0, 0.05) is 38.5 Å². The Kier molecular flexibility index (Phi) is 6.40. The topological polar surface area (TPSA) is 59.1 Å². The van der Waals surface area contributed by atoms with Crippen LogP contribution in [0.3, 0.4) is 0 Å². The van der Waals surface area contributed by atoms with Crippen LogP contribution in [0.15, 0.2) is 30.3 Å². The van der Waals surface area contributed by atoms with Crippen LogP contribution >= 0.6 is 0 Å². The summed E-state index contributed by atoms with van der Waals surface area (Å²) in [4.78, 5) is 29.9. The number of hydrogen-bond acceptors (Lipinski definition) is 5. The Hall–Kier alpha value is -1.76. The number of morpholine rings is 2. The van der Waals surface area contributed by atoms with Crippen molar-refractivity contribution in [3.05, 3.63) is 35.9 Å². The molecule has 0 bridgehead atoms. The van der Waals surface area contributed by atoms with Crippen molar-refractivity contribution in [2.45, 2.75) is 44.4 Å². The van der Waals surface area contributed by atoms with Crippen LogP contribution in [0.25, 0.3) is 0 Å². The number of amides is 1. The minimum absolute atomic E-state index is 0.0180. The van der Waals surface area contributed by atoms with Crippen molar-refractivity contribution in [3.8, 4) is 0 Å². The molecule has 0 radical (unpaired) electrons. The van der Waals surface area contributed by atoms with Gasteiger partial charge in [-0.15, -0.1) is 0 Å². The van der Waals surface area contributed by atoms with Crippen LogP contribution in [0.2, 0.25) is 0 Å². The summed E-state index contributed by atoms with van der Waals surface area (Å²) in [6, 6.07) is 10.2. The Morgan fingerprint density at radius 3 is 2.79 bits per heavy atom. The van der Waals surface area contributed by atoms with Crippen molar-refractivity contribution >= 4 is 11.7 Å². The van der Waals surface area contributed by atoms with Crippen molar-refractivity contribution in [2.24, 2.45) is 5.92 Å². The number of ketones is 1. The molecule has 1 aromatic rings. The lowest BCUT2D eigenvalue weighted by molar-refractivity contribution is -0.161. The first kappa shape index (κ1) is 19.6. The maximum absolute atomic E-state index is 13.3. The van der Waals surface area contributed by atoms with Gasteiger partial charge in [0.1, 0.15) is 11.9 Å². The molecule has 0 spiro atoms. The van der Waals surface area contributed by atoms with Crippen LogP contribution in [0, 0.1) is 5.92 Å². The SMILES string of the molecule is O=C1CCCCC1C1COCCN1C(=O)C1CN(Cc2ccccc2)CCO1. The molecular formula is C22H30N2O4. The molecule has 2 saturated heterocycles. The van der Waals surface area contributed by atoms with Crippen LogP contribution in [0.1, 0.15) is 31.2 Å². The van der Waals surface area contributed by atoms with E-state index in [0.29, 0.717) is 39.3 Å². The molecule has 1 aromatic carbocycles. The van der Waals surface area contributed by atoms with Gasteiger partial charge in [0.05, 0.1) is 25.9 Å². The minimum atomic E-state index is -0.461. The van der Waals surface area contributed by atoms with Crippen LogP contribution in [0.4, 0.5) is 0 Å². The number of rotatable bonds is 4.